The number of nitrogens with one attached hydrogen (secondary N) is 2. The number of anilines is 2. The van der Waals surface area contributed by atoms with Gasteiger partial charge < -0.3 is 10.6 Å². The fourth-order valence-corrected chi connectivity index (χ4v) is 3.07. The van der Waals surface area contributed by atoms with Crippen LogP contribution >= 0.6 is 0 Å². The number of carbonyl (C=O) groups excluding carboxylic acids is 2. The van der Waals surface area contributed by atoms with Crippen LogP contribution in [0.5, 0.6) is 0 Å². The summed E-state index contributed by atoms with van der Waals surface area (Å²) in [5, 5.41) is 5.66. The molecule has 0 fully saturated rings. The Hall–Kier alpha value is -3.22. The number of imidazole rings is 1. The molecule has 120 valence electrons. The summed E-state index contributed by atoms with van der Waals surface area (Å²) in [6.45, 7) is 3.67. The smallest absolute Gasteiger partial charge is 0.259 e. The molecule has 0 radical (unpaired) electrons. The minimum atomic E-state index is -0.231. The number of nitrogens with zero attached hydrogens (tertiary/aromatic N) is 3. The van der Waals surface area contributed by atoms with E-state index >= 15 is 0 Å². The van der Waals surface area contributed by atoms with Crippen molar-refractivity contribution in [3.05, 3.63) is 53.2 Å². The molecule has 24 heavy (non-hydrogen) atoms. The van der Waals surface area contributed by atoms with Crippen LogP contribution in [0.4, 0.5) is 11.4 Å². The second kappa shape index (κ2) is 5.16. The van der Waals surface area contributed by atoms with Crippen LogP contribution in [0, 0.1) is 13.8 Å². The van der Waals surface area contributed by atoms with Gasteiger partial charge in [-0.3, -0.25) is 14.0 Å². The minimum Gasteiger partial charge on any atom is -0.326 e. The van der Waals surface area contributed by atoms with Gasteiger partial charge in [-0.15, -0.1) is 0 Å². The van der Waals surface area contributed by atoms with E-state index in [4.69, 9.17) is 0 Å². The third kappa shape index (κ3) is 2.21. The van der Waals surface area contributed by atoms with Crippen LogP contribution in [-0.2, 0) is 11.2 Å². The maximum Gasteiger partial charge on any atom is 0.259 e. The van der Waals surface area contributed by atoms with Gasteiger partial charge in [0, 0.05) is 17.1 Å². The van der Waals surface area contributed by atoms with Gasteiger partial charge in [-0.1, -0.05) is 0 Å². The van der Waals surface area contributed by atoms with Gasteiger partial charge in [0.25, 0.3) is 5.91 Å². The Balaban J connectivity index is 1.68. The van der Waals surface area contributed by atoms with Crippen LogP contribution < -0.4 is 10.6 Å². The Labute approximate surface area is 137 Å². The summed E-state index contributed by atoms with van der Waals surface area (Å²) in [7, 11) is 0. The van der Waals surface area contributed by atoms with Gasteiger partial charge in [0.2, 0.25) is 5.91 Å². The molecule has 1 aromatic carbocycles. The summed E-state index contributed by atoms with van der Waals surface area (Å²) in [6, 6.07) is 5.39. The highest BCUT2D eigenvalue weighted by Gasteiger charge is 2.20. The lowest BCUT2D eigenvalue weighted by molar-refractivity contribution is -0.115. The average Bonchev–Trinajstić information content (AvgIpc) is 3.12. The predicted molar refractivity (Wildman–Crippen MR) is 89.2 cm³/mol. The van der Waals surface area contributed by atoms with Crippen LogP contribution in [-0.4, -0.2) is 26.2 Å². The molecule has 0 aliphatic carbocycles. The Morgan fingerprint density at radius 3 is 3.00 bits per heavy atom. The number of benzene rings is 1. The van der Waals surface area contributed by atoms with Gasteiger partial charge in [-0.25, -0.2) is 9.97 Å². The number of amides is 2. The number of aryl methyl sites for hydroxylation is 2. The van der Waals surface area contributed by atoms with Crippen LogP contribution in [0.25, 0.3) is 5.65 Å². The summed E-state index contributed by atoms with van der Waals surface area (Å²) in [5.74, 6) is -0.264. The molecule has 7 heteroatoms. The van der Waals surface area contributed by atoms with Crippen molar-refractivity contribution in [2.45, 2.75) is 20.3 Å². The molecule has 7 nitrogen and oxygen atoms in total. The summed E-state index contributed by atoms with van der Waals surface area (Å²) in [5.41, 5.74) is 5.00. The van der Waals surface area contributed by atoms with Gasteiger partial charge in [0.05, 0.1) is 23.9 Å². The van der Waals surface area contributed by atoms with Crippen molar-refractivity contribution in [2.24, 2.45) is 0 Å². The molecule has 0 unspecified atom stereocenters. The Morgan fingerprint density at radius 1 is 1.33 bits per heavy atom. The highest BCUT2D eigenvalue weighted by molar-refractivity contribution is 6.06. The van der Waals surface area contributed by atoms with Gasteiger partial charge in [-0.05, 0) is 37.6 Å². The van der Waals surface area contributed by atoms with Crippen molar-refractivity contribution in [3.8, 4) is 0 Å². The van der Waals surface area contributed by atoms with Crippen molar-refractivity contribution < 1.29 is 9.59 Å². The van der Waals surface area contributed by atoms with Gasteiger partial charge in [0.15, 0.2) is 5.65 Å². The zero-order valence-corrected chi connectivity index (χ0v) is 13.3. The molecule has 4 rings (SSSR count). The molecule has 2 aromatic heterocycles. The number of fused-ring (bicyclic) bond motifs is 2. The van der Waals surface area contributed by atoms with Crippen LogP contribution in [0.2, 0.25) is 0 Å². The molecule has 0 atom stereocenters. The zero-order chi connectivity index (χ0) is 16.8. The number of aromatic nitrogens is 3. The summed E-state index contributed by atoms with van der Waals surface area (Å²) < 4.78 is 1.78. The predicted octanol–water partition coefficient (Wildman–Crippen LogP) is 2.09. The maximum atomic E-state index is 12.7. The monoisotopic (exact) mass is 321 g/mol. The first-order chi connectivity index (χ1) is 11.5. The fourth-order valence-electron chi connectivity index (χ4n) is 3.07. The highest BCUT2D eigenvalue weighted by Crippen LogP contribution is 2.26. The standard InChI is InChI=1S/C17H15N5O2/c1-9-16(10(2)22-8-18-7-14(22)19-9)17(24)20-12-3-4-13-11(5-12)6-15(23)21-13/h3-5,7-8H,6H2,1-2H3,(H,20,24)(H,21,23). The molecule has 0 saturated carbocycles. The molecule has 3 aromatic rings. The van der Waals surface area contributed by atoms with Crippen molar-refractivity contribution in [2.75, 3.05) is 10.6 Å². The van der Waals surface area contributed by atoms with Gasteiger partial charge in [-0.2, -0.15) is 0 Å². The first kappa shape index (κ1) is 14.4. The molecule has 2 amide bonds. The lowest BCUT2D eigenvalue weighted by Crippen LogP contribution is -2.18. The quantitative estimate of drug-likeness (QED) is 0.756. The van der Waals surface area contributed by atoms with E-state index in [0.29, 0.717) is 29.0 Å². The van der Waals surface area contributed by atoms with E-state index in [1.807, 2.05) is 13.0 Å². The van der Waals surface area contributed by atoms with E-state index in [1.54, 1.807) is 36.0 Å². The minimum absolute atomic E-state index is 0.0325. The van der Waals surface area contributed by atoms with Crippen molar-refractivity contribution in [1.29, 1.82) is 0 Å². The fraction of sp³-hybridized carbons (Fsp3) is 0.176. The molecule has 2 N–H and O–H groups in total. The normalized spacial score (nSPS) is 13.0. The number of carbonyl (C=O) groups is 2. The Morgan fingerprint density at radius 2 is 2.17 bits per heavy atom. The van der Waals surface area contributed by atoms with Crippen LogP contribution in [0.3, 0.4) is 0 Å². The van der Waals surface area contributed by atoms with Crippen LogP contribution in [0.15, 0.2) is 30.7 Å². The molecule has 1 aliphatic rings. The molecule has 3 heterocycles. The third-order valence-corrected chi connectivity index (χ3v) is 4.20. The topological polar surface area (TPSA) is 88.4 Å². The first-order valence-electron chi connectivity index (χ1n) is 7.56. The van der Waals surface area contributed by atoms with E-state index in [-0.39, 0.29) is 11.8 Å². The second-order valence-electron chi connectivity index (χ2n) is 5.83. The number of hydrogen-bond donors (Lipinski definition) is 2. The highest BCUT2D eigenvalue weighted by atomic mass is 16.2. The molecule has 0 spiro atoms. The van der Waals surface area contributed by atoms with E-state index in [9.17, 15) is 9.59 Å². The Bertz CT molecular complexity index is 1010. The van der Waals surface area contributed by atoms with Gasteiger partial charge in [0.1, 0.15) is 6.33 Å². The SMILES string of the molecule is Cc1nc2cncn2c(C)c1C(=O)Nc1ccc2c(c1)CC(=O)N2. The van der Waals surface area contributed by atoms with E-state index in [1.165, 1.54) is 0 Å². The van der Waals surface area contributed by atoms with Crippen molar-refractivity contribution in [3.63, 3.8) is 0 Å². The second-order valence-corrected chi connectivity index (χ2v) is 5.83. The van der Waals surface area contributed by atoms with Crippen molar-refractivity contribution >= 4 is 28.8 Å². The lowest BCUT2D eigenvalue weighted by Gasteiger charge is -2.12. The zero-order valence-electron chi connectivity index (χ0n) is 13.3. The lowest BCUT2D eigenvalue weighted by atomic mass is 10.1. The molecule has 0 saturated heterocycles. The van der Waals surface area contributed by atoms with Crippen LogP contribution in [0.1, 0.15) is 27.3 Å². The molecular formula is C17H15N5O2. The first-order valence-corrected chi connectivity index (χ1v) is 7.56. The summed E-state index contributed by atoms with van der Waals surface area (Å²) >= 11 is 0. The molecule has 0 bridgehead atoms. The number of hydrogen-bond acceptors (Lipinski definition) is 4. The van der Waals surface area contributed by atoms with E-state index in [2.05, 4.69) is 20.6 Å². The van der Waals surface area contributed by atoms with Gasteiger partial charge >= 0.3 is 0 Å². The largest absolute Gasteiger partial charge is 0.326 e. The van der Waals surface area contributed by atoms with Crippen molar-refractivity contribution in [1.82, 2.24) is 14.4 Å². The third-order valence-electron chi connectivity index (χ3n) is 4.20. The summed E-state index contributed by atoms with van der Waals surface area (Å²) in [6.07, 6.45) is 3.63. The number of rotatable bonds is 2. The van der Waals surface area contributed by atoms with E-state index < -0.39 is 0 Å². The molecular weight excluding hydrogens is 306 g/mol. The molecule has 1 aliphatic heterocycles. The average molecular weight is 321 g/mol. The Kier molecular flexibility index (Phi) is 3.09. The van der Waals surface area contributed by atoms with E-state index in [0.717, 1.165) is 16.9 Å². The maximum absolute atomic E-state index is 12.7. The summed E-state index contributed by atoms with van der Waals surface area (Å²) in [4.78, 5) is 32.6.